The maximum Gasteiger partial charge on any atom is 0.119 e. The van der Waals surface area contributed by atoms with Gasteiger partial charge in [-0.05, 0) is 24.3 Å². The molecule has 1 aromatic rings. The molecular weight excluding hydrogens is 206 g/mol. The van der Waals surface area contributed by atoms with E-state index in [9.17, 15) is 5.11 Å². The molecule has 0 radical (unpaired) electrons. The van der Waals surface area contributed by atoms with Crippen LogP contribution in [0.2, 0.25) is 0 Å². The summed E-state index contributed by atoms with van der Waals surface area (Å²) >= 11 is 0. The van der Waals surface area contributed by atoms with E-state index in [1.54, 1.807) is 14.2 Å². The molecule has 90 valence electrons. The van der Waals surface area contributed by atoms with Gasteiger partial charge in [0.1, 0.15) is 5.75 Å². The van der Waals surface area contributed by atoms with Gasteiger partial charge >= 0.3 is 0 Å². The van der Waals surface area contributed by atoms with Crippen LogP contribution in [0.3, 0.4) is 0 Å². The number of hydrogen-bond acceptors (Lipinski definition) is 4. The van der Waals surface area contributed by atoms with Crippen molar-refractivity contribution in [2.24, 2.45) is 0 Å². The number of likely N-dealkylation sites (N-methyl/N-ethyl adjacent to an activating group) is 1. The van der Waals surface area contributed by atoms with Crippen LogP contribution in [0.4, 0.5) is 5.69 Å². The van der Waals surface area contributed by atoms with Crippen LogP contribution in [-0.2, 0) is 4.74 Å². The predicted molar refractivity (Wildman–Crippen MR) is 64.1 cm³/mol. The molecule has 1 atom stereocenters. The minimum atomic E-state index is -0.475. The summed E-state index contributed by atoms with van der Waals surface area (Å²) < 4.78 is 9.96. The molecule has 4 heteroatoms. The number of aliphatic hydroxyl groups is 1. The van der Waals surface area contributed by atoms with Gasteiger partial charge in [0.2, 0.25) is 0 Å². The molecule has 1 rings (SSSR count). The highest BCUT2D eigenvalue weighted by Crippen LogP contribution is 2.18. The zero-order chi connectivity index (χ0) is 12.0. The van der Waals surface area contributed by atoms with Gasteiger partial charge in [0.15, 0.2) is 0 Å². The Morgan fingerprint density at radius 3 is 2.38 bits per heavy atom. The van der Waals surface area contributed by atoms with Gasteiger partial charge in [-0.25, -0.2) is 0 Å². The van der Waals surface area contributed by atoms with Crippen LogP contribution in [0, 0.1) is 0 Å². The Hall–Kier alpha value is -1.26. The van der Waals surface area contributed by atoms with Crippen molar-refractivity contribution in [3.63, 3.8) is 0 Å². The van der Waals surface area contributed by atoms with Gasteiger partial charge in [-0.2, -0.15) is 0 Å². The van der Waals surface area contributed by atoms with E-state index in [0.717, 1.165) is 11.4 Å². The smallest absolute Gasteiger partial charge is 0.119 e. The fraction of sp³-hybridized carbons (Fsp3) is 0.500. The lowest BCUT2D eigenvalue weighted by molar-refractivity contribution is 0.0695. The fourth-order valence-corrected chi connectivity index (χ4v) is 1.50. The molecule has 1 unspecified atom stereocenters. The van der Waals surface area contributed by atoms with Gasteiger partial charge in [0.05, 0.1) is 19.8 Å². The van der Waals surface area contributed by atoms with Crippen molar-refractivity contribution < 1.29 is 14.6 Å². The highest BCUT2D eigenvalue weighted by Gasteiger charge is 2.08. The lowest BCUT2D eigenvalue weighted by Crippen LogP contribution is -2.31. The van der Waals surface area contributed by atoms with Gasteiger partial charge < -0.3 is 19.5 Å². The number of benzene rings is 1. The number of nitrogens with zero attached hydrogens (tertiary/aromatic N) is 1. The SMILES string of the molecule is COCC(O)CN(C)c1ccc(OC)cc1. The summed E-state index contributed by atoms with van der Waals surface area (Å²) in [5.41, 5.74) is 1.04. The van der Waals surface area contributed by atoms with Crippen LogP contribution < -0.4 is 9.64 Å². The van der Waals surface area contributed by atoms with E-state index in [0.29, 0.717) is 13.2 Å². The summed E-state index contributed by atoms with van der Waals surface area (Å²) in [5.74, 6) is 0.828. The second kappa shape index (κ2) is 6.35. The van der Waals surface area contributed by atoms with Gasteiger partial charge in [-0.1, -0.05) is 0 Å². The number of aliphatic hydroxyl groups excluding tert-OH is 1. The summed E-state index contributed by atoms with van der Waals surface area (Å²) in [5, 5.41) is 9.59. The molecule has 0 heterocycles. The molecule has 0 bridgehead atoms. The van der Waals surface area contributed by atoms with Gasteiger partial charge in [-0.15, -0.1) is 0 Å². The van der Waals surface area contributed by atoms with Crippen molar-refractivity contribution in [3.05, 3.63) is 24.3 Å². The van der Waals surface area contributed by atoms with Crippen molar-refractivity contribution >= 4 is 5.69 Å². The normalized spacial score (nSPS) is 12.2. The van der Waals surface area contributed by atoms with E-state index < -0.39 is 6.10 Å². The Morgan fingerprint density at radius 1 is 1.25 bits per heavy atom. The van der Waals surface area contributed by atoms with Crippen molar-refractivity contribution in [3.8, 4) is 5.75 Å². The summed E-state index contributed by atoms with van der Waals surface area (Å²) in [4.78, 5) is 1.98. The van der Waals surface area contributed by atoms with Crippen LogP contribution in [0.5, 0.6) is 5.75 Å². The Bertz CT molecular complexity index is 300. The molecule has 0 amide bonds. The number of hydrogen-bond donors (Lipinski definition) is 1. The van der Waals surface area contributed by atoms with Crippen molar-refractivity contribution in [1.82, 2.24) is 0 Å². The zero-order valence-electron chi connectivity index (χ0n) is 10.0. The quantitative estimate of drug-likeness (QED) is 0.788. The molecule has 1 N–H and O–H groups in total. The largest absolute Gasteiger partial charge is 0.497 e. The van der Waals surface area contributed by atoms with Crippen LogP contribution in [0.15, 0.2) is 24.3 Å². The third-order valence-corrected chi connectivity index (χ3v) is 2.36. The molecule has 0 aliphatic heterocycles. The number of ether oxygens (including phenoxy) is 2. The highest BCUT2D eigenvalue weighted by atomic mass is 16.5. The first kappa shape index (κ1) is 12.8. The summed E-state index contributed by atoms with van der Waals surface area (Å²) in [6, 6.07) is 7.71. The maximum absolute atomic E-state index is 9.59. The molecule has 0 aliphatic carbocycles. The Labute approximate surface area is 96.4 Å². The van der Waals surface area contributed by atoms with Crippen molar-refractivity contribution in [2.45, 2.75) is 6.10 Å². The van der Waals surface area contributed by atoms with E-state index in [-0.39, 0.29) is 0 Å². The number of methoxy groups -OCH3 is 2. The Morgan fingerprint density at radius 2 is 1.88 bits per heavy atom. The first-order valence-corrected chi connectivity index (χ1v) is 5.19. The zero-order valence-corrected chi connectivity index (χ0v) is 10.0. The average molecular weight is 225 g/mol. The molecule has 16 heavy (non-hydrogen) atoms. The first-order valence-electron chi connectivity index (χ1n) is 5.19. The molecule has 0 saturated heterocycles. The molecule has 0 spiro atoms. The third kappa shape index (κ3) is 3.72. The highest BCUT2D eigenvalue weighted by molar-refractivity contribution is 5.48. The second-order valence-corrected chi connectivity index (χ2v) is 3.69. The standard InChI is InChI=1S/C12H19NO3/c1-13(8-11(14)9-15-2)10-4-6-12(16-3)7-5-10/h4-7,11,14H,8-9H2,1-3H3. The van der Waals surface area contributed by atoms with E-state index in [1.165, 1.54) is 0 Å². The summed E-state index contributed by atoms with van der Waals surface area (Å²) in [7, 11) is 5.15. The minimum absolute atomic E-state index is 0.348. The topological polar surface area (TPSA) is 41.9 Å². The minimum Gasteiger partial charge on any atom is -0.497 e. The molecule has 4 nitrogen and oxygen atoms in total. The van der Waals surface area contributed by atoms with E-state index in [2.05, 4.69) is 0 Å². The summed E-state index contributed by atoms with van der Waals surface area (Å²) in [6.45, 7) is 0.890. The van der Waals surface area contributed by atoms with Crippen LogP contribution in [-0.4, -0.2) is 45.6 Å². The molecule has 0 saturated carbocycles. The molecule has 0 fully saturated rings. The monoisotopic (exact) mass is 225 g/mol. The number of anilines is 1. The van der Waals surface area contributed by atoms with Gasteiger partial charge in [0, 0.05) is 26.4 Å². The summed E-state index contributed by atoms with van der Waals surface area (Å²) in [6.07, 6.45) is -0.475. The lowest BCUT2D eigenvalue weighted by Gasteiger charge is -2.22. The molecular formula is C12H19NO3. The Kier molecular flexibility index (Phi) is 5.08. The Balaban J connectivity index is 2.55. The van der Waals surface area contributed by atoms with Crippen LogP contribution in [0.25, 0.3) is 0 Å². The van der Waals surface area contributed by atoms with Gasteiger partial charge in [0.25, 0.3) is 0 Å². The molecule has 0 aliphatic rings. The maximum atomic E-state index is 9.59. The molecule has 0 aromatic heterocycles. The van der Waals surface area contributed by atoms with Crippen molar-refractivity contribution in [1.29, 1.82) is 0 Å². The van der Waals surface area contributed by atoms with Crippen molar-refractivity contribution in [2.75, 3.05) is 39.3 Å². The van der Waals surface area contributed by atoms with Crippen LogP contribution >= 0.6 is 0 Å². The average Bonchev–Trinajstić information content (AvgIpc) is 2.29. The third-order valence-electron chi connectivity index (χ3n) is 2.36. The second-order valence-electron chi connectivity index (χ2n) is 3.69. The van der Waals surface area contributed by atoms with E-state index in [1.807, 2.05) is 36.2 Å². The van der Waals surface area contributed by atoms with Crippen LogP contribution in [0.1, 0.15) is 0 Å². The number of rotatable bonds is 6. The van der Waals surface area contributed by atoms with E-state index >= 15 is 0 Å². The molecule has 1 aromatic carbocycles. The predicted octanol–water partition coefficient (Wildman–Crippen LogP) is 1.14. The van der Waals surface area contributed by atoms with E-state index in [4.69, 9.17) is 9.47 Å². The fourth-order valence-electron chi connectivity index (χ4n) is 1.50. The van der Waals surface area contributed by atoms with Gasteiger partial charge in [-0.3, -0.25) is 0 Å². The lowest BCUT2D eigenvalue weighted by atomic mass is 10.2. The first-order chi connectivity index (χ1) is 7.67.